The van der Waals surface area contributed by atoms with Crippen molar-refractivity contribution in [3.05, 3.63) is 59.9 Å². The summed E-state index contributed by atoms with van der Waals surface area (Å²) in [6.45, 7) is 2.49. The average molecular weight is 394 g/mol. The third-order valence-electron chi connectivity index (χ3n) is 3.47. The summed E-state index contributed by atoms with van der Waals surface area (Å²) in [5, 5.41) is 2.36. The number of hydrogen-bond acceptors (Lipinski definition) is 5. The first-order chi connectivity index (χ1) is 12.7. The summed E-state index contributed by atoms with van der Waals surface area (Å²) >= 11 is 0. The molecule has 0 saturated carbocycles. The first kappa shape index (κ1) is 20.5. The van der Waals surface area contributed by atoms with E-state index in [0.29, 0.717) is 0 Å². The van der Waals surface area contributed by atoms with Crippen LogP contribution in [0.25, 0.3) is 0 Å². The van der Waals surface area contributed by atoms with Crippen molar-refractivity contribution in [1.29, 1.82) is 0 Å². The summed E-state index contributed by atoms with van der Waals surface area (Å²) < 4.78 is 44.5. The molecule has 0 bridgehead atoms. The minimum Gasteiger partial charge on any atom is -0.454 e. The molecule has 144 valence electrons. The number of anilines is 1. The Morgan fingerprint density at radius 3 is 2.44 bits per heavy atom. The highest BCUT2D eigenvalue weighted by atomic mass is 32.2. The van der Waals surface area contributed by atoms with Crippen LogP contribution in [-0.4, -0.2) is 32.9 Å². The smallest absolute Gasteiger partial charge is 0.324 e. The van der Waals surface area contributed by atoms with Gasteiger partial charge in [-0.15, -0.1) is 0 Å². The van der Waals surface area contributed by atoms with Crippen LogP contribution in [0, 0.1) is 12.7 Å². The molecule has 0 saturated heterocycles. The second-order valence-corrected chi connectivity index (χ2v) is 7.54. The fourth-order valence-electron chi connectivity index (χ4n) is 2.09. The van der Waals surface area contributed by atoms with Gasteiger partial charge in [0.25, 0.3) is 5.91 Å². The molecular weight excluding hydrogens is 375 g/mol. The Balaban J connectivity index is 1.87. The molecule has 0 aliphatic heterocycles. The maximum atomic E-state index is 13.1. The maximum Gasteiger partial charge on any atom is 0.324 e. The number of carbonyl (C=O) groups excluding carboxylic acids is 2. The van der Waals surface area contributed by atoms with Gasteiger partial charge in [0.2, 0.25) is 10.0 Å². The average Bonchev–Trinajstić information content (AvgIpc) is 2.59. The Morgan fingerprint density at radius 1 is 1.15 bits per heavy atom. The molecule has 27 heavy (non-hydrogen) atoms. The molecule has 0 aromatic heterocycles. The fraction of sp³-hybridized carbons (Fsp3) is 0.222. The molecule has 0 fully saturated rings. The van der Waals surface area contributed by atoms with Crippen molar-refractivity contribution < 1.29 is 27.1 Å². The quantitative estimate of drug-likeness (QED) is 0.700. The largest absolute Gasteiger partial charge is 0.454 e. The van der Waals surface area contributed by atoms with E-state index in [9.17, 15) is 22.4 Å². The number of aryl methyl sites for hydroxylation is 1. The minimum absolute atomic E-state index is 0.0107. The van der Waals surface area contributed by atoms with Crippen molar-refractivity contribution in [2.75, 3.05) is 11.9 Å². The van der Waals surface area contributed by atoms with Crippen LogP contribution in [-0.2, 0) is 24.3 Å². The van der Waals surface area contributed by atoms with Gasteiger partial charge in [-0.25, -0.2) is 12.8 Å². The second kappa shape index (κ2) is 8.74. The molecule has 0 unspecified atom stereocenters. The molecule has 0 radical (unpaired) electrons. The third kappa shape index (κ3) is 6.15. The van der Waals surface area contributed by atoms with Crippen molar-refractivity contribution in [2.45, 2.75) is 24.8 Å². The molecule has 0 aliphatic rings. The molecule has 0 aliphatic carbocycles. The van der Waals surface area contributed by atoms with Crippen LogP contribution in [0.3, 0.4) is 0 Å². The summed E-state index contributed by atoms with van der Waals surface area (Å²) in [6.07, 6.45) is 0. The van der Waals surface area contributed by atoms with Gasteiger partial charge in [-0.2, -0.15) is 4.72 Å². The van der Waals surface area contributed by atoms with Crippen molar-refractivity contribution in [3.8, 4) is 0 Å². The van der Waals surface area contributed by atoms with Gasteiger partial charge in [-0.1, -0.05) is 23.8 Å². The Bertz CT molecular complexity index is 929. The van der Waals surface area contributed by atoms with Crippen LogP contribution < -0.4 is 10.0 Å². The van der Waals surface area contributed by atoms with E-state index in [1.807, 2.05) is 6.92 Å². The van der Waals surface area contributed by atoms with Crippen molar-refractivity contribution in [3.63, 3.8) is 0 Å². The van der Waals surface area contributed by atoms with E-state index in [1.165, 1.54) is 37.3 Å². The van der Waals surface area contributed by atoms with Crippen LogP contribution >= 0.6 is 0 Å². The SMILES string of the molecule is Cc1ccc(S(=O)(=O)N[C@@H](C)C(=O)OCC(=O)Nc2cccc(F)c2)cc1. The molecule has 0 heterocycles. The number of rotatable bonds is 7. The van der Waals surface area contributed by atoms with Gasteiger partial charge in [0, 0.05) is 5.69 Å². The van der Waals surface area contributed by atoms with Crippen molar-refractivity contribution >= 4 is 27.6 Å². The van der Waals surface area contributed by atoms with Crippen molar-refractivity contribution in [2.24, 2.45) is 0 Å². The van der Waals surface area contributed by atoms with Gasteiger partial charge >= 0.3 is 5.97 Å². The lowest BCUT2D eigenvalue weighted by Crippen LogP contribution is -2.40. The second-order valence-electron chi connectivity index (χ2n) is 5.82. The first-order valence-electron chi connectivity index (χ1n) is 7.98. The lowest BCUT2D eigenvalue weighted by Gasteiger charge is -2.14. The zero-order valence-corrected chi connectivity index (χ0v) is 15.5. The number of benzene rings is 2. The summed E-state index contributed by atoms with van der Waals surface area (Å²) in [5.41, 5.74) is 1.11. The van der Waals surface area contributed by atoms with Gasteiger partial charge in [0.1, 0.15) is 11.9 Å². The van der Waals surface area contributed by atoms with Crippen molar-refractivity contribution in [1.82, 2.24) is 4.72 Å². The summed E-state index contributed by atoms with van der Waals surface area (Å²) in [7, 11) is -3.91. The summed E-state index contributed by atoms with van der Waals surface area (Å²) in [4.78, 5) is 23.7. The predicted octanol–water partition coefficient (Wildman–Crippen LogP) is 1.98. The molecule has 1 atom stereocenters. The molecule has 2 aromatic carbocycles. The third-order valence-corrected chi connectivity index (χ3v) is 5.03. The van der Waals surface area contributed by atoms with E-state index in [-0.39, 0.29) is 10.6 Å². The Morgan fingerprint density at radius 2 is 1.81 bits per heavy atom. The number of hydrogen-bond donors (Lipinski definition) is 2. The van der Waals surface area contributed by atoms with Gasteiger partial charge in [0.05, 0.1) is 4.90 Å². The maximum absolute atomic E-state index is 13.1. The molecule has 2 N–H and O–H groups in total. The number of esters is 1. The predicted molar refractivity (Wildman–Crippen MR) is 97.0 cm³/mol. The number of amides is 1. The van der Waals surface area contributed by atoms with Crippen LogP contribution in [0.15, 0.2) is 53.4 Å². The lowest BCUT2D eigenvalue weighted by molar-refractivity contribution is -0.148. The Labute approximate surface area is 156 Å². The van der Waals surface area contributed by atoms with E-state index >= 15 is 0 Å². The zero-order chi connectivity index (χ0) is 20.0. The van der Waals surface area contributed by atoms with Crippen LogP contribution in [0.5, 0.6) is 0 Å². The molecule has 0 spiro atoms. The van der Waals surface area contributed by atoms with E-state index in [4.69, 9.17) is 4.74 Å². The van der Waals surface area contributed by atoms with Crippen LogP contribution in [0.1, 0.15) is 12.5 Å². The van der Waals surface area contributed by atoms with Crippen LogP contribution in [0.2, 0.25) is 0 Å². The number of carbonyl (C=O) groups is 2. The topological polar surface area (TPSA) is 102 Å². The number of sulfonamides is 1. The lowest BCUT2D eigenvalue weighted by atomic mass is 10.2. The summed E-state index contributed by atoms with van der Waals surface area (Å²) in [6, 6.07) is 10.1. The van der Waals surface area contributed by atoms with Gasteiger partial charge < -0.3 is 10.1 Å². The normalized spacial score (nSPS) is 12.3. The highest BCUT2D eigenvalue weighted by molar-refractivity contribution is 7.89. The monoisotopic (exact) mass is 394 g/mol. The summed E-state index contributed by atoms with van der Waals surface area (Å²) in [5.74, 6) is -2.12. The standard InChI is InChI=1S/C18H19FN2O5S/c1-12-6-8-16(9-7-12)27(24,25)21-13(2)18(23)26-11-17(22)20-15-5-3-4-14(19)10-15/h3-10,13,21H,11H2,1-2H3,(H,20,22)/t13-/m0/s1. The fourth-order valence-corrected chi connectivity index (χ4v) is 3.28. The molecule has 2 aromatic rings. The van der Waals surface area contributed by atoms with Gasteiger partial charge in [0.15, 0.2) is 6.61 Å². The minimum atomic E-state index is -3.91. The Hall–Kier alpha value is -2.78. The highest BCUT2D eigenvalue weighted by Crippen LogP contribution is 2.11. The number of nitrogens with one attached hydrogen (secondary N) is 2. The molecule has 1 amide bonds. The van der Waals surface area contributed by atoms with Crippen LogP contribution in [0.4, 0.5) is 10.1 Å². The molecule has 2 rings (SSSR count). The zero-order valence-electron chi connectivity index (χ0n) is 14.7. The van der Waals surface area contributed by atoms with E-state index in [1.54, 1.807) is 12.1 Å². The van der Waals surface area contributed by atoms with E-state index in [2.05, 4.69) is 10.0 Å². The van der Waals surface area contributed by atoms with E-state index in [0.717, 1.165) is 11.6 Å². The number of ether oxygens (including phenoxy) is 1. The molecule has 7 nitrogen and oxygen atoms in total. The Kier molecular flexibility index (Phi) is 6.65. The molecule has 9 heteroatoms. The van der Waals surface area contributed by atoms with Gasteiger partial charge in [-0.05, 0) is 44.2 Å². The van der Waals surface area contributed by atoms with Gasteiger partial charge in [-0.3, -0.25) is 9.59 Å². The number of halogens is 1. The molecular formula is C18H19FN2O5S. The van der Waals surface area contributed by atoms with E-state index < -0.39 is 40.4 Å². The first-order valence-corrected chi connectivity index (χ1v) is 9.47. The highest BCUT2D eigenvalue weighted by Gasteiger charge is 2.23.